The van der Waals surface area contributed by atoms with E-state index in [9.17, 15) is 0 Å². The van der Waals surface area contributed by atoms with Crippen molar-refractivity contribution >= 4 is 10.8 Å². The van der Waals surface area contributed by atoms with Gasteiger partial charge in [0.1, 0.15) is 12.4 Å². The molecule has 2 heteroatoms. The molecule has 0 radical (unpaired) electrons. The van der Waals surface area contributed by atoms with Crippen LogP contribution in [0.3, 0.4) is 0 Å². The molecule has 124 valence electrons. The number of hydrogen-bond acceptors (Lipinski definition) is 2. The summed E-state index contributed by atoms with van der Waals surface area (Å²) in [7, 11) is 0. The van der Waals surface area contributed by atoms with Crippen molar-refractivity contribution in [2.45, 2.75) is 39.5 Å². The smallest absolute Gasteiger partial charge is 0.124 e. The fraction of sp³-hybridized carbons (Fsp3) is 0.273. The molecule has 3 rings (SSSR count). The van der Waals surface area contributed by atoms with E-state index in [4.69, 9.17) is 4.74 Å². The Morgan fingerprint density at radius 2 is 1.67 bits per heavy atom. The summed E-state index contributed by atoms with van der Waals surface area (Å²) in [5.41, 5.74) is 2.43. The highest BCUT2D eigenvalue weighted by Gasteiger charge is 2.10. The van der Waals surface area contributed by atoms with Gasteiger partial charge in [-0.1, -0.05) is 67.6 Å². The van der Waals surface area contributed by atoms with Crippen LogP contribution >= 0.6 is 0 Å². The van der Waals surface area contributed by atoms with Gasteiger partial charge in [0.2, 0.25) is 0 Å². The molecule has 3 aromatic carbocycles. The highest BCUT2D eigenvalue weighted by molar-refractivity contribution is 5.87. The fourth-order valence-corrected chi connectivity index (χ4v) is 2.79. The lowest BCUT2D eigenvalue weighted by molar-refractivity contribution is 0.302. The van der Waals surface area contributed by atoms with Crippen LogP contribution in [0.4, 0.5) is 0 Å². The second kappa shape index (κ2) is 7.98. The molecule has 0 spiro atoms. The van der Waals surface area contributed by atoms with E-state index in [0.29, 0.717) is 12.6 Å². The molecule has 0 amide bonds. The highest BCUT2D eigenvalue weighted by Crippen LogP contribution is 2.29. The lowest BCUT2D eigenvalue weighted by Gasteiger charge is -2.17. The van der Waals surface area contributed by atoms with Gasteiger partial charge in [0.25, 0.3) is 0 Å². The third-order valence-corrected chi connectivity index (χ3v) is 4.47. The minimum atomic E-state index is 0.492. The minimum absolute atomic E-state index is 0.492. The van der Waals surface area contributed by atoms with Crippen molar-refractivity contribution in [2.24, 2.45) is 0 Å². The largest absolute Gasteiger partial charge is 0.489 e. The summed E-state index contributed by atoms with van der Waals surface area (Å²) in [6, 6.07) is 23.6. The summed E-state index contributed by atoms with van der Waals surface area (Å²) in [6.07, 6.45) is 1.12. The predicted molar refractivity (Wildman–Crippen MR) is 101 cm³/mol. The average molecular weight is 319 g/mol. The minimum Gasteiger partial charge on any atom is -0.489 e. The van der Waals surface area contributed by atoms with Gasteiger partial charge in [-0.05, 0) is 35.7 Å². The van der Waals surface area contributed by atoms with E-state index >= 15 is 0 Å². The lowest BCUT2D eigenvalue weighted by Crippen LogP contribution is -2.24. The van der Waals surface area contributed by atoms with Gasteiger partial charge < -0.3 is 10.1 Å². The average Bonchev–Trinajstić information content (AvgIpc) is 2.65. The topological polar surface area (TPSA) is 21.3 Å². The molecule has 0 fully saturated rings. The Bertz CT molecular complexity index is 782. The van der Waals surface area contributed by atoms with Gasteiger partial charge in [-0.25, -0.2) is 0 Å². The number of hydrogen-bond donors (Lipinski definition) is 1. The molecule has 24 heavy (non-hydrogen) atoms. The molecule has 0 aliphatic carbocycles. The molecule has 0 aliphatic heterocycles. The zero-order chi connectivity index (χ0) is 16.8. The first kappa shape index (κ1) is 16.5. The van der Waals surface area contributed by atoms with Crippen molar-refractivity contribution in [2.75, 3.05) is 0 Å². The Morgan fingerprint density at radius 3 is 2.46 bits per heavy atom. The van der Waals surface area contributed by atoms with Crippen LogP contribution in [0.5, 0.6) is 5.75 Å². The quantitative estimate of drug-likeness (QED) is 0.637. The summed E-state index contributed by atoms with van der Waals surface area (Å²) in [6.45, 7) is 5.83. The molecule has 3 aromatic rings. The molecule has 0 unspecified atom stereocenters. The van der Waals surface area contributed by atoms with E-state index < -0.39 is 0 Å². The summed E-state index contributed by atoms with van der Waals surface area (Å²) in [5.74, 6) is 0.966. The van der Waals surface area contributed by atoms with Crippen LogP contribution in [-0.4, -0.2) is 6.04 Å². The second-order valence-corrected chi connectivity index (χ2v) is 6.23. The summed E-state index contributed by atoms with van der Waals surface area (Å²) < 4.78 is 6.16. The zero-order valence-electron chi connectivity index (χ0n) is 14.5. The number of ether oxygens (including phenoxy) is 1. The first-order chi connectivity index (χ1) is 11.8. The van der Waals surface area contributed by atoms with E-state index in [1.807, 2.05) is 18.2 Å². The Labute approximate surface area is 144 Å². The molecule has 1 atom stereocenters. The maximum absolute atomic E-state index is 6.16. The molecular formula is C22H25NO. The second-order valence-electron chi connectivity index (χ2n) is 6.23. The van der Waals surface area contributed by atoms with Crippen LogP contribution in [-0.2, 0) is 13.2 Å². The fourth-order valence-electron chi connectivity index (χ4n) is 2.79. The highest BCUT2D eigenvalue weighted by atomic mass is 16.5. The molecular weight excluding hydrogens is 294 g/mol. The van der Waals surface area contributed by atoms with Crippen molar-refractivity contribution < 1.29 is 4.74 Å². The summed E-state index contributed by atoms with van der Waals surface area (Å²) in [4.78, 5) is 0. The molecule has 1 N–H and O–H groups in total. The Morgan fingerprint density at radius 1 is 0.917 bits per heavy atom. The summed E-state index contributed by atoms with van der Waals surface area (Å²) >= 11 is 0. The molecule has 0 saturated carbocycles. The maximum Gasteiger partial charge on any atom is 0.124 e. The van der Waals surface area contributed by atoms with Gasteiger partial charge in [-0.3, -0.25) is 0 Å². The number of fused-ring (bicyclic) bond motifs is 1. The monoisotopic (exact) mass is 319 g/mol. The van der Waals surface area contributed by atoms with Gasteiger partial charge in [-0.15, -0.1) is 0 Å². The van der Waals surface area contributed by atoms with Gasteiger partial charge in [0, 0.05) is 18.2 Å². The van der Waals surface area contributed by atoms with Crippen molar-refractivity contribution in [3.05, 3.63) is 77.9 Å². The lowest BCUT2D eigenvalue weighted by atomic mass is 10.0. The first-order valence-corrected chi connectivity index (χ1v) is 8.68. The zero-order valence-corrected chi connectivity index (χ0v) is 14.5. The van der Waals surface area contributed by atoms with Crippen LogP contribution in [0.1, 0.15) is 31.4 Å². The van der Waals surface area contributed by atoms with Gasteiger partial charge in [0.15, 0.2) is 0 Å². The van der Waals surface area contributed by atoms with Gasteiger partial charge in [-0.2, -0.15) is 0 Å². The normalized spacial score (nSPS) is 12.2. The van der Waals surface area contributed by atoms with Crippen molar-refractivity contribution in [3.8, 4) is 5.75 Å². The summed E-state index contributed by atoms with van der Waals surface area (Å²) in [5, 5.41) is 6.12. The molecule has 2 nitrogen and oxygen atoms in total. The Kier molecular flexibility index (Phi) is 5.50. The van der Waals surface area contributed by atoms with E-state index in [1.165, 1.54) is 21.9 Å². The van der Waals surface area contributed by atoms with Crippen LogP contribution in [0.2, 0.25) is 0 Å². The third kappa shape index (κ3) is 3.95. The molecule has 0 heterocycles. The Hall–Kier alpha value is -2.32. The first-order valence-electron chi connectivity index (χ1n) is 8.68. The van der Waals surface area contributed by atoms with Crippen LogP contribution in [0.25, 0.3) is 10.8 Å². The number of benzene rings is 3. The standard InChI is InChI=1S/C22H25NO/c1-3-17(2)23-15-21-20-12-8-7-11-19(20)13-14-22(21)24-16-18-9-5-4-6-10-18/h4-14,17,23H,3,15-16H2,1-2H3/t17-/m1/s1. The van der Waals surface area contributed by atoms with Crippen molar-refractivity contribution in [1.82, 2.24) is 5.32 Å². The van der Waals surface area contributed by atoms with Crippen molar-refractivity contribution in [1.29, 1.82) is 0 Å². The number of rotatable bonds is 7. The molecule has 0 saturated heterocycles. The van der Waals surface area contributed by atoms with E-state index in [-0.39, 0.29) is 0 Å². The Balaban J connectivity index is 1.87. The van der Waals surface area contributed by atoms with E-state index in [1.54, 1.807) is 0 Å². The van der Waals surface area contributed by atoms with Gasteiger partial charge >= 0.3 is 0 Å². The van der Waals surface area contributed by atoms with Crippen molar-refractivity contribution in [3.63, 3.8) is 0 Å². The van der Waals surface area contributed by atoms with Gasteiger partial charge in [0.05, 0.1) is 0 Å². The third-order valence-electron chi connectivity index (χ3n) is 4.47. The van der Waals surface area contributed by atoms with Crippen LogP contribution in [0.15, 0.2) is 66.7 Å². The number of nitrogens with one attached hydrogen (secondary N) is 1. The SMILES string of the molecule is CC[C@@H](C)NCc1c(OCc2ccccc2)ccc2ccccc12. The van der Waals surface area contributed by atoms with Crippen LogP contribution < -0.4 is 10.1 Å². The predicted octanol–water partition coefficient (Wildman–Crippen LogP) is 5.31. The molecule has 0 bridgehead atoms. The molecule has 0 aromatic heterocycles. The maximum atomic E-state index is 6.16. The molecule has 0 aliphatic rings. The van der Waals surface area contributed by atoms with Crippen LogP contribution in [0, 0.1) is 0 Å². The van der Waals surface area contributed by atoms with E-state index in [0.717, 1.165) is 18.7 Å². The van der Waals surface area contributed by atoms with E-state index in [2.05, 4.69) is 67.7 Å².